The molecule has 1 rings (SSSR count). The van der Waals surface area contributed by atoms with Gasteiger partial charge in [0.15, 0.2) is 0 Å². The number of hydrogen-bond acceptors (Lipinski definition) is 3. The van der Waals surface area contributed by atoms with Crippen LogP contribution in [0.1, 0.15) is 33.1 Å². The Kier molecular flexibility index (Phi) is 3.46. The SMILES string of the molecule is CC[C@H](N)C(=O)[N+]1(C(=O)O)CCC[C@H]1C. The van der Waals surface area contributed by atoms with Crippen LogP contribution in [0, 0.1) is 0 Å². The number of hydrogen-bond donors (Lipinski definition) is 2. The third-order valence-corrected chi connectivity index (χ3v) is 3.38. The van der Waals surface area contributed by atoms with Gasteiger partial charge in [0.1, 0.15) is 12.1 Å². The Balaban J connectivity index is 3.02. The first-order valence-corrected chi connectivity index (χ1v) is 5.38. The van der Waals surface area contributed by atoms with Gasteiger partial charge in [0, 0.05) is 12.8 Å². The highest BCUT2D eigenvalue weighted by atomic mass is 16.4. The molecule has 2 amide bonds. The highest BCUT2D eigenvalue weighted by Gasteiger charge is 2.54. The average molecular weight is 215 g/mol. The molecule has 1 heterocycles. The van der Waals surface area contributed by atoms with Crippen LogP contribution in [0.4, 0.5) is 4.79 Å². The number of carbonyl (C=O) groups is 2. The van der Waals surface area contributed by atoms with Gasteiger partial charge in [-0.25, -0.2) is 4.79 Å². The van der Waals surface area contributed by atoms with Crippen LogP contribution >= 0.6 is 0 Å². The molecule has 1 saturated heterocycles. The van der Waals surface area contributed by atoms with Crippen LogP contribution in [0.15, 0.2) is 0 Å². The van der Waals surface area contributed by atoms with E-state index < -0.39 is 16.6 Å². The summed E-state index contributed by atoms with van der Waals surface area (Å²) in [5, 5.41) is 9.24. The van der Waals surface area contributed by atoms with Crippen LogP contribution in [0.2, 0.25) is 0 Å². The van der Waals surface area contributed by atoms with Crippen molar-refractivity contribution in [3.63, 3.8) is 0 Å². The molecule has 0 aromatic heterocycles. The summed E-state index contributed by atoms with van der Waals surface area (Å²) >= 11 is 0. The molecular weight excluding hydrogens is 196 g/mol. The van der Waals surface area contributed by atoms with Gasteiger partial charge in [-0.2, -0.15) is 9.28 Å². The van der Waals surface area contributed by atoms with Crippen LogP contribution in [0.5, 0.6) is 0 Å². The molecule has 1 aliphatic heterocycles. The smallest absolute Gasteiger partial charge is 0.435 e. The number of imide groups is 1. The molecule has 1 unspecified atom stereocenters. The van der Waals surface area contributed by atoms with E-state index in [2.05, 4.69) is 0 Å². The van der Waals surface area contributed by atoms with Crippen molar-refractivity contribution >= 4 is 12.0 Å². The zero-order chi connectivity index (χ0) is 11.6. The number of nitrogens with two attached hydrogens (primary N) is 1. The van der Waals surface area contributed by atoms with Crippen LogP contribution in [0.3, 0.4) is 0 Å². The maximum atomic E-state index is 12.0. The lowest BCUT2D eigenvalue weighted by atomic mass is 10.1. The van der Waals surface area contributed by atoms with E-state index in [0.717, 1.165) is 12.8 Å². The van der Waals surface area contributed by atoms with Crippen molar-refractivity contribution in [1.82, 2.24) is 0 Å². The molecule has 1 aliphatic rings. The second-order valence-electron chi connectivity index (χ2n) is 4.22. The fourth-order valence-corrected chi connectivity index (χ4v) is 2.25. The van der Waals surface area contributed by atoms with Gasteiger partial charge in [-0.15, -0.1) is 0 Å². The minimum Gasteiger partial charge on any atom is -0.435 e. The molecule has 15 heavy (non-hydrogen) atoms. The van der Waals surface area contributed by atoms with Gasteiger partial charge in [-0.3, -0.25) is 0 Å². The summed E-state index contributed by atoms with van der Waals surface area (Å²) in [6.07, 6.45) is 0.969. The Morgan fingerprint density at radius 2 is 2.20 bits per heavy atom. The number of amides is 2. The molecule has 1 fully saturated rings. The van der Waals surface area contributed by atoms with E-state index >= 15 is 0 Å². The molecule has 0 aromatic carbocycles. The van der Waals surface area contributed by atoms with Crippen LogP contribution in [-0.4, -0.2) is 40.2 Å². The van der Waals surface area contributed by atoms with Crippen molar-refractivity contribution in [3.8, 4) is 0 Å². The zero-order valence-corrected chi connectivity index (χ0v) is 9.27. The second-order valence-corrected chi connectivity index (χ2v) is 4.22. The summed E-state index contributed by atoms with van der Waals surface area (Å²) in [4.78, 5) is 23.3. The fraction of sp³-hybridized carbons (Fsp3) is 0.800. The first-order valence-electron chi connectivity index (χ1n) is 5.38. The van der Waals surface area contributed by atoms with Crippen molar-refractivity contribution in [2.24, 2.45) is 5.73 Å². The summed E-state index contributed by atoms with van der Waals surface area (Å²) in [5.41, 5.74) is 5.65. The number of rotatable bonds is 2. The van der Waals surface area contributed by atoms with Gasteiger partial charge in [0.25, 0.3) is 0 Å². The van der Waals surface area contributed by atoms with E-state index in [-0.39, 0.29) is 11.9 Å². The summed E-state index contributed by atoms with van der Waals surface area (Å²) in [6.45, 7) is 3.98. The lowest BCUT2D eigenvalue weighted by molar-refractivity contribution is -0.792. The lowest BCUT2D eigenvalue weighted by Gasteiger charge is -2.31. The summed E-state index contributed by atoms with van der Waals surface area (Å²) in [5.74, 6) is -0.352. The minimum absolute atomic E-state index is 0.160. The Morgan fingerprint density at radius 3 is 2.53 bits per heavy atom. The number of quaternary nitrogens is 1. The van der Waals surface area contributed by atoms with E-state index in [1.807, 2.05) is 0 Å². The highest BCUT2D eigenvalue weighted by molar-refractivity contribution is 5.84. The molecule has 3 atom stereocenters. The quantitative estimate of drug-likeness (QED) is 0.671. The molecule has 3 N–H and O–H groups in total. The molecule has 0 aromatic rings. The number of likely N-dealkylation sites (tertiary alicyclic amines) is 1. The minimum atomic E-state index is -1.06. The highest BCUT2D eigenvalue weighted by Crippen LogP contribution is 2.28. The first kappa shape index (κ1) is 12.1. The van der Waals surface area contributed by atoms with Crippen molar-refractivity contribution in [1.29, 1.82) is 0 Å². The van der Waals surface area contributed by atoms with Crippen molar-refractivity contribution in [2.45, 2.75) is 45.2 Å². The molecule has 86 valence electrons. The predicted octanol–water partition coefficient (Wildman–Crippen LogP) is 0.927. The monoisotopic (exact) mass is 215 g/mol. The molecule has 0 saturated carbocycles. The lowest BCUT2D eigenvalue weighted by Crippen LogP contribution is -2.63. The Labute approximate surface area is 89.4 Å². The third kappa shape index (κ3) is 1.77. The topological polar surface area (TPSA) is 80.4 Å². The van der Waals surface area contributed by atoms with Gasteiger partial charge in [-0.05, 0) is 13.3 Å². The van der Waals surface area contributed by atoms with E-state index in [1.54, 1.807) is 13.8 Å². The molecule has 5 nitrogen and oxygen atoms in total. The Hall–Kier alpha value is -0.940. The molecule has 0 radical (unpaired) electrons. The third-order valence-electron chi connectivity index (χ3n) is 3.38. The zero-order valence-electron chi connectivity index (χ0n) is 9.27. The molecule has 0 aliphatic carbocycles. The molecule has 0 bridgehead atoms. The second kappa shape index (κ2) is 4.28. The van der Waals surface area contributed by atoms with E-state index in [1.165, 1.54) is 0 Å². The Bertz CT molecular complexity index is 280. The van der Waals surface area contributed by atoms with E-state index in [9.17, 15) is 14.7 Å². The van der Waals surface area contributed by atoms with Crippen LogP contribution in [-0.2, 0) is 4.79 Å². The normalized spacial score (nSPS) is 32.6. The molecule has 0 spiro atoms. The molecular formula is C10H19N2O3+. The number of nitrogens with zero attached hydrogens (tertiary/aromatic N) is 1. The van der Waals surface area contributed by atoms with Crippen LogP contribution in [0.25, 0.3) is 0 Å². The average Bonchev–Trinajstić information content (AvgIpc) is 2.58. The van der Waals surface area contributed by atoms with Gasteiger partial charge in [-0.1, -0.05) is 6.92 Å². The van der Waals surface area contributed by atoms with Gasteiger partial charge >= 0.3 is 12.0 Å². The summed E-state index contributed by atoms with van der Waals surface area (Å²) < 4.78 is -0.477. The van der Waals surface area contributed by atoms with Crippen molar-refractivity contribution in [3.05, 3.63) is 0 Å². The number of carboxylic acid groups (broad SMARTS) is 1. The standard InChI is InChI=1S/C10H18N2O3/c1-3-8(11)9(13)12(10(14)15)6-4-5-7(12)2/h7-8H,3-6,11H2,1-2H3/p+1/t7-,8+,12?/m1/s1. The maximum absolute atomic E-state index is 12.0. The fourth-order valence-electron chi connectivity index (χ4n) is 2.25. The van der Waals surface area contributed by atoms with Gasteiger partial charge < -0.3 is 10.8 Å². The molecule has 5 heteroatoms. The Morgan fingerprint density at radius 1 is 1.60 bits per heavy atom. The van der Waals surface area contributed by atoms with Gasteiger partial charge in [0.05, 0.1) is 6.54 Å². The van der Waals surface area contributed by atoms with E-state index in [4.69, 9.17) is 5.73 Å². The largest absolute Gasteiger partial charge is 0.521 e. The van der Waals surface area contributed by atoms with Gasteiger partial charge in [0.2, 0.25) is 0 Å². The summed E-state index contributed by atoms with van der Waals surface area (Å²) in [6, 6.07) is -0.825. The maximum Gasteiger partial charge on any atom is 0.521 e. The van der Waals surface area contributed by atoms with Crippen molar-refractivity contribution in [2.75, 3.05) is 6.54 Å². The van der Waals surface area contributed by atoms with Crippen LogP contribution < -0.4 is 5.73 Å². The first-order chi connectivity index (χ1) is 6.96. The van der Waals surface area contributed by atoms with E-state index in [0.29, 0.717) is 13.0 Å². The summed E-state index contributed by atoms with van der Waals surface area (Å²) in [7, 11) is 0. The predicted molar refractivity (Wildman–Crippen MR) is 55.1 cm³/mol. The number of carbonyl (C=O) groups excluding carboxylic acids is 1. The van der Waals surface area contributed by atoms with Crippen molar-refractivity contribution < 1.29 is 19.2 Å².